The second kappa shape index (κ2) is 9.06. The molecule has 1 amide bonds. The number of carbonyl (C=O) groups is 2. The van der Waals surface area contributed by atoms with Gasteiger partial charge in [-0.2, -0.15) is 18.4 Å². The molecule has 0 unspecified atom stereocenters. The number of carbonyl (C=O) groups excluding carboxylic acids is 2. The molecule has 0 spiro atoms. The summed E-state index contributed by atoms with van der Waals surface area (Å²) >= 11 is 5.52. The monoisotopic (exact) mass is 408 g/mol. The van der Waals surface area contributed by atoms with Crippen LogP contribution >= 0.6 is 11.6 Å². The number of nitrogens with one attached hydrogen (secondary N) is 1. The van der Waals surface area contributed by atoms with Crippen LogP contribution in [0.3, 0.4) is 0 Å². The van der Waals surface area contributed by atoms with E-state index < -0.39 is 35.2 Å². The van der Waals surface area contributed by atoms with Crippen LogP contribution in [0.4, 0.5) is 18.9 Å². The third kappa shape index (κ3) is 5.86. The first kappa shape index (κ1) is 21.0. The predicted molar refractivity (Wildman–Crippen MR) is 96.2 cm³/mol. The Bertz CT molecular complexity index is 966. The smallest absolute Gasteiger partial charge is 0.417 e. The van der Waals surface area contributed by atoms with E-state index in [0.717, 1.165) is 24.3 Å². The van der Waals surface area contributed by atoms with Crippen LogP contribution < -0.4 is 5.32 Å². The SMILES string of the molecule is N#Cc1ccccc1NC(=O)COC(=O)/C=C/c1ccc(Cl)c(C(F)(F)F)c1. The fourth-order valence-electron chi connectivity index (χ4n) is 2.09. The van der Waals surface area contributed by atoms with E-state index in [9.17, 15) is 22.8 Å². The van der Waals surface area contributed by atoms with E-state index in [1.807, 2.05) is 6.07 Å². The lowest BCUT2D eigenvalue weighted by atomic mass is 10.1. The number of hydrogen-bond donors (Lipinski definition) is 1. The molecule has 0 atom stereocenters. The molecule has 0 aromatic heterocycles. The van der Waals surface area contributed by atoms with Gasteiger partial charge >= 0.3 is 12.1 Å². The molecule has 0 heterocycles. The molecule has 2 aromatic rings. The number of benzene rings is 2. The highest BCUT2D eigenvalue weighted by atomic mass is 35.5. The molecule has 0 fully saturated rings. The van der Waals surface area contributed by atoms with E-state index in [1.165, 1.54) is 18.2 Å². The molecule has 28 heavy (non-hydrogen) atoms. The summed E-state index contributed by atoms with van der Waals surface area (Å²) in [6.45, 7) is -0.628. The number of hydrogen-bond acceptors (Lipinski definition) is 4. The summed E-state index contributed by atoms with van der Waals surface area (Å²) < 4.78 is 43.1. The maximum Gasteiger partial charge on any atom is 0.417 e. The molecule has 0 aliphatic heterocycles. The van der Waals surface area contributed by atoms with Crippen LogP contribution in [0.5, 0.6) is 0 Å². The van der Waals surface area contributed by atoms with Crippen molar-refractivity contribution in [2.75, 3.05) is 11.9 Å². The van der Waals surface area contributed by atoms with Crippen molar-refractivity contribution >= 4 is 35.2 Å². The van der Waals surface area contributed by atoms with E-state index in [1.54, 1.807) is 12.1 Å². The number of nitrogens with zero attached hydrogens (tertiary/aromatic N) is 1. The van der Waals surface area contributed by atoms with Crippen molar-refractivity contribution in [3.05, 3.63) is 70.3 Å². The second-order valence-corrected chi connectivity index (χ2v) is 5.79. The van der Waals surface area contributed by atoms with Gasteiger partial charge in [-0.3, -0.25) is 4.79 Å². The lowest BCUT2D eigenvalue weighted by Gasteiger charge is -2.09. The third-order valence-electron chi connectivity index (χ3n) is 3.37. The molecule has 0 bridgehead atoms. The summed E-state index contributed by atoms with van der Waals surface area (Å²) in [6.07, 6.45) is -2.63. The van der Waals surface area contributed by atoms with Gasteiger partial charge < -0.3 is 10.1 Å². The van der Waals surface area contributed by atoms with Gasteiger partial charge in [0.2, 0.25) is 0 Å². The summed E-state index contributed by atoms with van der Waals surface area (Å²) in [5, 5.41) is 10.9. The molecule has 0 saturated carbocycles. The number of ether oxygens (including phenoxy) is 1. The summed E-state index contributed by atoms with van der Waals surface area (Å²) in [5.41, 5.74) is -0.436. The summed E-state index contributed by atoms with van der Waals surface area (Å²) in [6, 6.07) is 11.3. The van der Waals surface area contributed by atoms with E-state index in [-0.39, 0.29) is 16.8 Å². The lowest BCUT2D eigenvalue weighted by molar-refractivity contribution is -0.142. The Hall–Kier alpha value is -3.31. The maximum absolute atomic E-state index is 12.8. The van der Waals surface area contributed by atoms with Crippen molar-refractivity contribution in [2.24, 2.45) is 0 Å². The van der Waals surface area contributed by atoms with Crippen molar-refractivity contribution in [2.45, 2.75) is 6.18 Å². The van der Waals surface area contributed by atoms with E-state index in [0.29, 0.717) is 0 Å². The molecule has 1 N–H and O–H groups in total. The molecule has 5 nitrogen and oxygen atoms in total. The normalized spacial score (nSPS) is 11.1. The molecule has 2 rings (SSSR count). The van der Waals surface area contributed by atoms with Crippen molar-refractivity contribution in [1.29, 1.82) is 5.26 Å². The van der Waals surface area contributed by atoms with Crippen LogP contribution in [0.1, 0.15) is 16.7 Å². The molecule has 2 aromatic carbocycles. The number of rotatable bonds is 5. The molecule has 0 saturated heterocycles. The summed E-state index contributed by atoms with van der Waals surface area (Å²) in [4.78, 5) is 23.4. The Morgan fingerprint density at radius 2 is 1.93 bits per heavy atom. The van der Waals surface area contributed by atoms with Gasteiger partial charge in [0.25, 0.3) is 5.91 Å². The maximum atomic E-state index is 12.8. The Balaban J connectivity index is 1.94. The number of anilines is 1. The first-order chi connectivity index (χ1) is 13.2. The largest absolute Gasteiger partial charge is 0.452 e. The summed E-state index contributed by atoms with van der Waals surface area (Å²) in [7, 11) is 0. The highest BCUT2D eigenvalue weighted by Gasteiger charge is 2.33. The van der Waals surface area contributed by atoms with Crippen LogP contribution in [0.2, 0.25) is 5.02 Å². The van der Waals surface area contributed by atoms with Gasteiger partial charge in [0.15, 0.2) is 6.61 Å². The van der Waals surface area contributed by atoms with Crippen molar-refractivity contribution in [3.8, 4) is 6.07 Å². The minimum absolute atomic E-state index is 0.0843. The Kier molecular flexibility index (Phi) is 6.79. The van der Waals surface area contributed by atoms with Crippen LogP contribution in [-0.2, 0) is 20.5 Å². The number of para-hydroxylation sites is 1. The van der Waals surface area contributed by atoms with Gasteiger partial charge in [-0.25, -0.2) is 4.79 Å². The first-order valence-electron chi connectivity index (χ1n) is 7.71. The van der Waals surface area contributed by atoms with Crippen molar-refractivity contribution in [3.63, 3.8) is 0 Å². The number of alkyl halides is 3. The molecule has 9 heteroatoms. The number of esters is 1. The standard InChI is InChI=1S/C19H12ClF3N2O3/c20-15-7-5-12(9-14(15)19(21,22)23)6-8-18(27)28-11-17(26)25-16-4-2-1-3-13(16)10-24/h1-9H,11H2,(H,25,26)/b8-6+. The summed E-state index contributed by atoms with van der Waals surface area (Å²) in [5.74, 6) is -1.59. The van der Waals surface area contributed by atoms with Crippen LogP contribution in [-0.4, -0.2) is 18.5 Å². The second-order valence-electron chi connectivity index (χ2n) is 5.38. The fraction of sp³-hybridized carbons (Fsp3) is 0.105. The van der Waals surface area contributed by atoms with Crippen molar-refractivity contribution < 1.29 is 27.5 Å². The molecule has 144 valence electrons. The van der Waals surface area contributed by atoms with Crippen molar-refractivity contribution in [1.82, 2.24) is 0 Å². The third-order valence-corrected chi connectivity index (χ3v) is 3.70. The Morgan fingerprint density at radius 3 is 2.61 bits per heavy atom. The van der Waals surface area contributed by atoms with Gasteiger partial charge in [0.05, 0.1) is 21.8 Å². The Labute approximate surface area is 163 Å². The van der Waals surface area contributed by atoms with Gasteiger partial charge in [0.1, 0.15) is 6.07 Å². The van der Waals surface area contributed by atoms with Gasteiger partial charge in [-0.05, 0) is 35.9 Å². The molecule has 0 aliphatic rings. The Morgan fingerprint density at radius 1 is 1.21 bits per heavy atom. The van der Waals surface area contributed by atoms with Gasteiger partial charge in [-0.1, -0.05) is 29.8 Å². The molecular formula is C19H12ClF3N2O3. The zero-order chi connectivity index (χ0) is 20.7. The van der Waals surface area contributed by atoms with E-state index in [4.69, 9.17) is 21.6 Å². The molecule has 0 radical (unpaired) electrons. The van der Waals surface area contributed by atoms with Gasteiger partial charge in [-0.15, -0.1) is 0 Å². The molecular weight excluding hydrogens is 397 g/mol. The minimum atomic E-state index is -4.63. The average molecular weight is 409 g/mol. The minimum Gasteiger partial charge on any atom is -0.452 e. The zero-order valence-corrected chi connectivity index (χ0v) is 14.8. The molecule has 0 aliphatic carbocycles. The number of nitriles is 1. The predicted octanol–water partition coefficient (Wildman–Crippen LogP) is 4.43. The van der Waals surface area contributed by atoms with Gasteiger partial charge in [0, 0.05) is 6.08 Å². The van der Waals surface area contributed by atoms with Crippen LogP contribution in [0, 0.1) is 11.3 Å². The van der Waals surface area contributed by atoms with E-state index in [2.05, 4.69) is 5.32 Å². The van der Waals surface area contributed by atoms with Crippen LogP contribution in [0.15, 0.2) is 48.5 Å². The number of amides is 1. The average Bonchev–Trinajstić information content (AvgIpc) is 2.65. The fourth-order valence-corrected chi connectivity index (χ4v) is 2.31. The first-order valence-corrected chi connectivity index (χ1v) is 8.09. The quantitative estimate of drug-likeness (QED) is 0.586. The highest BCUT2D eigenvalue weighted by Crippen LogP contribution is 2.35. The van der Waals surface area contributed by atoms with Crippen LogP contribution in [0.25, 0.3) is 6.08 Å². The number of halogens is 4. The highest BCUT2D eigenvalue weighted by molar-refractivity contribution is 6.31. The van der Waals surface area contributed by atoms with E-state index >= 15 is 0 Å². The zero-order valence-electron chi connectivity index (χ0n) is 14.1. The lowest BCUT2D eigenvalue weighted by Crippen LogP contribution is -2.20. The topological polar surface area (TPSA) is 79.2 Å².